The standard InChI is InChI=1S/C22H38N6S/c1-23-21(24-12-9-19-17-29-22(26-19)28-13-5-6-14-28)25-18-10-15-27(16-11-18)20-7-3-2-4-8-20/h17-18,20H,2-16H2,1H3,(H2,23,24,25). The highest BCUT2D eigenvalue weighted by atomic mass is 32.1. The van der Waals surface area contributed by atoms with Gasteiger partial charge in [-0.25, -0.2) is 4.98 Å². The molecule has 1 aliphatic carbocycles. The van der Waals surface area contributed by atoms with Gasteiger partial charge >= 0.3 is 0 Å². The topological polar surface area (TPSA) is 55.8 Å². The molecule has 0 aromatic carbocycles. The monoisotopic (exact) mass is 418 g/mol. The minimum atomic E-state index is 0.544. The lowest BCUT2D eigenvalue weighted by molar-refractivity contribution is 0.119. The summed E-state index contributed by atoms with van der Waals surface area (Å²) in [5, 5.41) is 10.6. The van der Waals surface area contributed by atoms with Crippen molar-refractivity contribution in [2.45, 2.75) is 76.3 Å². The van der Waals surface area contributed by atoms with E-state index in [1.54, 1.807) is 11.3 Å². The number of guanidine groups is 1. The highest BCUT2D eigenvalue weighted by molar-refractivity contribution is 7.13. The second-order valence-electron chi connectivity index (χ2n) is 8.81. The van der Waals surface area contributed by atoms with Gasteiger partial charge in [-0.05, 0) is 38.5 Å². The summed E-state index contributed by atoms with van der Waals surface area (Å²) in [6.45, 7) is 5.68. The van der Waals surface area contributed by atoms with Crippen molar-refractivity contribution in [1.29, 1.82) is 0 Å². The largest absolute Gasteiger partial charge is 0.356 e. The molecule has 4 rings (SSSR count). The van der Waals surface area contributed by atoms with E-state index in [2.05, 4.69) is 30.8 Å². The van der Waals surface area contributed by atoms with Crippen LogP contribution in [0.25, 0.3) is 0 Å². The van der Waals surface area contributed by atoms with E-state index in [4.69, 9.17) is 4.98 Å². The van der Waals surface area contributed by atoms with E-state index in [1.807, 2.05) is 7.05 Å². The molecule has 29 heavy (non-hydrogen) atoms. The zero-order valence-electron chi connectivity index (χ0n) is 18.0. The molecule has 162 valence electrons. The maximum atomic E-state index is 4.82. The molecule has 3 aliphatic rings. The first-order valence-corrected chi connectivity index (χ1v) is 12.6. The third-order valence-corrected chi connectivity index (χ3v) is 7.73. The number of anilines is 1. The molecule has 7 heteroatoms. The van der Waals surface area contributed by atoms with Crippen LogP contribution in [0.3, 0.4) is 0 Å². The highest BCUT2D eigenvalue weighted by Crippen LogP contribution is 2.26. The van der Waals surface area contributed by atoms with Crippen molar-refractivity contribution < 1.29 is 0 Å². The SMILES string of the molecule is CN=C(NCCc1csc(N2CCCC2)n1)NC1CCN(C2CCCCC2)CC1. The van der Waals surface area contributed by atoms with Crippen LogP contribution in [0.2, 0.25) is 0 Å². The number of rotatable bonds is 6. The van der Waals surface area contributed by atoms with Crippen LogP contribution in [0.1, 0.15) is 63.5 Å². The predicted octanol–water partition coefficient (Wildman–Crippen LogP) is 3.25. The van der Waals surface area contributed by atoms with Crippen molar-refractivity contribution in [3.63, 3.8) is 0 Å². The molecule has 2 aliphatic heterocycles. The molecule has 6 nitrogen and oxygen atoms in total. The lowest BCUT2D eigenvalue weighted by Gasteiger charge is -2.39. The highest BCUT2D eigenvalue weighted by Gasteiger charge is 2.26. The predicted molar refractivity (Wildman–Crippen MR) is 123 cm³/mol. The van der Waals surface area contributed by atoms with Gasteiger partial charge in [0, 0.05) is 63.7 Å². The summed E-state index contributed by atoms with van der Waals surface area (Å²) in [5.41, 5.74) is 1.20. The molecule has 0 atom stereocenters. The number of likely N-dealkylation sites (tertiary alicyclic amines) is 1. The van der Waals surface area contributed by atoms with Crippen molar-refractivity contribution in [2.24, 2.45) is 4.99 Å². The molecular weight excluding hydrogens is 380 g/mol. The van der Waals surface area contributed by atoms with Gasteiger partial charge in [0.05, 0.1) is 5.69 Å². The number of thiazole rings is 1. The summed E-state index contributed by atoms with van der Waals surface area (Å²) < 4.78 is 0. The number of hydrogen-bond donors (Lipinski definition) is 2. The minimum Gasteiger partial charge on any atom is -0.356 e. The van der Waals surface area contributed by atoms with Gasteiger partial charge in [-0.2, -0.15) is 0 Å². The number of piperidine rings is 1. The van der Waals surface area contributed by atoms with E-state index in [0.717, 1.165) is 25.0 Å². The first kappa shape index (κ1) is 20.9. The van der Waals surface area contributed by atoms with Crippen LogP contribution in [0.4, 0.5) is 5.13 Å². The van der Waals surface area contributed by atoms with E-state index >= 15 is 0 Å². The van der Waals surface area contributed by atoms with Gasteiger partial charge in [-0.3, -0.25) is 4.99 Å². The number of aromatic nitrogens is 1. The van der Waals surface area contributed by atoms with Crippen molar-refractivity contribution in [3.8, 4) is 0 Å². The smallest absolute Gasteiger partial charge is 0.191 e. The van der Waals surface area contributed by atoms with E-state index in [9.17, 15) is 0 Å². The molecule has 2 saturated heterocycles. The van der Waals surface area contributed by atoms with Crippen LogP contribution in [-0.2, 0) is 6.42 Å². The molecule has 1 saturated carbocycles. The van der Waals surface area contributed by atoms with E-state index in [1.165, 1.54) is 94.8 Å². The van der Waals surface area contributed by atoms with E-state index in [-0.39, 0.29) is 0 Å². The van der Waals surface area contributed by atoms with E-state index in [0.29, 0.717) is 6.04 Å². The number of nitrogens with one attached hydrogen (secondary N) is 2. The molecule has 0 bridgehead atoms. The van der Waals surface area contributed by atoms with Crippen molar-refractivity contribution in [1.82, 2.24) is 20.5 Å². The van der Waals surface area contributed by atoms with Gasteiger partial charge < -0.3 is 20.4 Å². The Morgan fingerprint density at radius 3 is 2.55 bits per heavy atom. The van der Waals surface area contributed by atoms with Crippen LogP contribution >= 0.6 is 11.3 Å². The van der Waals surface area contributed by atoms with Crippen LogP contribution in [0, 0.1) is 0 Å². The van der Waals surface area contributed by atoms with Gasteiger partial charge in [0.25, 0.3) is 0 Å². The maximum Gasteiger partial charge on any atom is 0.191 e. The summed E-state index contributed by atoms with van der Waals surface area (Å²) in [6, 6.07) is 1.40. The molecule has 0 amide bonds. The summed E-state index contributed by atoms with van der Waals surface area (Å²) in [7, 11) is 1.88. The second kappa shape index (κ2) is 10.6. The zero-order valence-corrected chi connectivity index (χ0v) is 18.9. The van der Waals surface area contributed by atoms with E-state index < -0.39 is 0 Å². The fourth-order valence-electron chi connectivity index (χ4n) is 5.02. The van der Waals surface area contributed by atoms with Crippen LogP contribution in [-0.4, -0.2) is 67.7 Å². The van der Waals surface area contributed by atoms with Crippen LogP contribution < -0.4 is 15.5 Å². The van der Waals surface area contributed by atoms with Crippen molar-refractivity contribution in [3.05, 3.63) is 11.1 Å². The van der Waals surface area contributed by atoms with Gasteiger partial charge in [0.1, 0.15) is 0 Å². The Kier molecular flexibility index (Phi) is 7.66. The normalized spacial score (nSPS) is 22.9. The Balaban J connectivity index is 1.15. The fourth-order valence-corrected chi connectivity index (χ4v) is 5.93. The lowest BCUT2D eigenvalue weighted by atomic mass is 9.92. The van der Waals surface area contributed by atoms with Crippen LogP contribution in [0.15, 0.2) is 10.4 Å². The summed E-state index contributed by atoms with van der Waals surface area (Å²) in [5.74, 6) is 0.941. The fraction of sp³-hybridized carbons (Fsp3) is 0.818. The van der Waals surface area contributed by atoms with Crippen molar-refractivity contribution >= 4 is 22.4 Å². The number of hydrogen-bond acceptors (Lipinski definition) is 5. The van der Waals surface area contributed by atoms with Gasteiger partial charge in [0.2, 0.25) is 0 Å². The first-order valence-electron chi connectivity index (χ1n) is 11.7. The molecule has 0 spiro atoms. The molecule has 3 heterocycles. The second-order valence-corrected chi connectivity index (χ2v) is 9.65. The maximum absolute atomic E-state index is 4.82. The summed E-state index contributed by atoms with van der Waals surface area (Å²) in [6.07, 6.45) is 13.1. The average molecular weight is 419 g/mol. The molecule has 1 aromatic heterocycles. The summed E-state index contributed by atoms with van der Waals surface area (Å²) >= 11 is 1.79. The zero-order chi connectivity index (χ0) is 19.9. The van der Waals surface area contributed by atoms with Gasteiger partial charge in [-0.15, -0.1) is 11.3 Å². The summed E-state index contributed by atoms with van der Waals surface area (Å²) in [4.78, 5) is 14.4. The minimum absolute atomic E-state index is 0.544. The molecule has 3 fully saturated rings. The Bertz CT molecular complexity index is 639. The Morgan fingerprint density at radius 2 is 1.83 bits per heavy atom. The molecule has 2 N–H and O–H groups in total. The van der Waals surface area contributed by atoms with Gasteiger partial charge in [-0.1, -0.05) is 19.3 Å². The molecule has 0 radical (unpaired) electrons. The Morgan fingerprint density at radius 1 is 1.07 bits per heavy atom. The van der Waals surface area contributed by atoms with Crippen molar-refractivity contribution in [2.75, 3.05) is 44.7 Å². The van der Waals surface area contributed by atoms with Crippen LogP contribution in [0.5, 0.6) is 0 Å². The molecular formula is C22H38N6S. The lowest BCUT2D eigenvalue weighted by Crippen LogP contribution is -2.51. The first-order chi connectivity index (χ1) is 14.3. The van der Waals surface area contributed by atoms with Gasteiger partial charge in [0.15, 0.2) is 11.1 Å². The Hall–Kier alpha value is -1.34. The average Bonchev–Trinajstić information content (AvgIpc) is 3.46. The quantitative estimate of drug-likeness (QED) is 0.549. The third-order valence-electron chi connectivity index (χ3n) is 6.77. The number of nitrogens with zero attached hydrogens (tertiary/aromatic N) is 4. The Labute approximate surface area is 180 Å². The third kappa shape index (κ3) is 5.85. The molecule has 0 unspecified atom stereocenters. The number of aliphatic imine (C=N–C) groups is 1. The molecule has 1 aromatic rings.